The van der Waals surface area contributed by atoms with Crippen LogP contribution in [0.15, 0.2) is 0 Å². The molecule has 0 aromatic heterocycles. The maximum Gasteiger partial charge on any atom is 0.252 e. The van der Waals surface area contributed by atoms with E-state index < -0.39 is 5.92 Å². The van der Waals surface area contributed by atoms with E-state index in [9.17, 15) is 8.78 Å². The van der Waals surface area contributed by atoms with Gasteiger partial charge in [0.1, 0.15) is 0 Å². The van der Waals surface area contributed by atoms with Crippen molar-refractivity contribution in [3.8, 4) is 0 Å². The zero-order chi connectivity index (χ0) is 8.48. The Labute approximate surface area is 66.0 Å². The van der Waals surface area contributed by atoms with Crippen LogP contribution in [0.1, 0.15) is 32.6 Å². The Kier molecular flexibility index (Phi) is 2.47. The summed E-state index contributed by atoms with van der Waals surface area (Å²) in [6, 6.07) is -0.384. The predicted octanol–water partition coefficient (Wildman–Crippen LogP) is 2.16. The second kappa shape index (κ2) is 3.05. The summed E-state index contributed by atoms with van der Waals surface area (Å²) in [6.07, 6.45) is 2.16. The molecule has 0 amide bonds. The van der Waals surface area contributed by atoms with E-state index in [0.29, 0.717) is 12.8 Å². The molecule has 1 saturated carbocycles. The van der Waals surface area contributed by atoms with Gasteiger partial charge in [-0.05, 0) is 19.8 Å². The normalized spacial score (nSPS) is 22.9. The Bertz CT molecular complexity index is 130. The summed E-state index contributed by atoms with van der Waals surface area (Å²) in [5, 5.41) is 0. The lowest BCUT2D eigenvalue weighted by molar-refractivity contribution is -0.0961. The summed E-state index contributed by atoms with van der Waals surface area (Å²) in [5.41, 5.74) is 5.32. The molecule has 3 heteroatoms. The molecule has 1 fully saturated rings. The first-order valence-corrected chi connectivity index (χ1v) is 4.16. The van der Waals surface area contributed by atoms with Gasteiger partial charge in [-0.15, -0.1) is 0 Å². The fraction of sp³-hybridized carbons (Fsp3) is 1.00. The molecule has 1 atom stereocenters. The van der Waals surface area contributed by atoms with Crippen molar-refractivity contribution in [1.29, 1.82) is 0 Å². The Morgan fingerprint density at radius 1 is 1.55 bits per heavy atom. The van der Waals surface area contributed by atoms with Gasteiger partial charge in [0.25, 0.3) is 5.92 Å². The Morgan fingerprint density at radius 2 is 2.09 bits per heavy atom. The zero-order valence-corrected chi connectivity index (χ0v) is 6.82. The van der Waals surface area contributed by atoms with E-state index in [1.807, 2.05) is 0 Å². The molecule has 1 nitrogen and oxygen atoms in total. The molecule has 1 aliphatic carbocycles. The quantitative estimate of drug-likeness (QED) is 0.677. The first-order chi connectivity index (χ1) is 5.02. The molecule has 1 aliphatic rings. The average Bonchev–Trinajstić information content (AvgIpc) is 1.50. The Balaban J connectivity index is 2.37. The lowest BCUT2D eigenvalue weighted by Crippen LogP contribution is -2.38. The zero-order valence-electron chi connectivity index (χ0n) is 6.82. The van der Waals surface area contributed by atoms with Crippen molar-refractivity contribution in [2.45, 2.75) is 44.6 Å². The van der Waals surface area contributed by atoms with Gasteiger partial charge >= 0.3 is 0 Å². The Morgan fingerprint density at radius 3 is 2.36 bits per heavy atom. The fourth-order valence-electron chi connectivity index (χ4n) is 1.43. The number of hydrogen-bond acceptors (Lipinski definition) is 1. The third kappa shape index (κ3) is 2.12. The van der Waals surface area contributed by atoms with Crippen LogP contribution in [0.3, 0.4) is 0 Å². The molecule has 0 aliphatic heterocycles. The molecule has 0 heterocycles. The van der Waals surface area contributed by atoms with E-state index in [1.165, 1.54) is 0 Å². The SMILES string of the molecule is CC(N)CC(F)(F)C1CCC1. The highest BCUT2D eigenvalue weighted by Gasteiger charge is 2.42. The van der Waals surface area contributed by atoms with Crippen molar-refractivity contribution >= 4 is 0 Å². The van der Waals surface area contributed by atoms with Gasteiger partial charge in [-0.2, -0.15) is 0 Å². The second-order valence-corrected chi connectivity index (χ2v) is 3.57. The largest absolute Gasteiger partial charge is 0.328 e. The third-order valence-electron chi connectivity index (χ3n) is 2.30. The van der Waals surface area contributed by atoms with Gasteiger partial charge < -0.3 is 5.73 Å². The summed E-state index contributed by atoms with van der Waals surface area (Å²) >= 11 is 0. The molecule has 11 heavy (non-hydrogen) atoms. The maximum atomic E-state index is 13.0. The topological polar surface area (TPSA) is 26.0 Å². The van der Waals surface area contributed by atoms with Crippen LogP contribution >= 0.6 is 0 Å². The first kappa shape index (κ1) is 8.91. The Hall–Kier alpha value is -0.180. The van der Waals surface area contributed by atoms with Crippen LogP contribution in [-0.4, -0.2) is 12.0 Å². The second-order valence-electron chi connectivity index (χ2n) is 3.57. The van der Waals surface area contributed by atoms with Crippen LogP contribution in [0.4, 0.5) is 8.78 Å². The minimum Gasteiger partial charge on any atom is -0.328 e. The van der Waals surface area contributed by atoms with E-state index in [0.717, 1.165) is 6.42 Å². The highest BCUT2D eigenvalue weighted by atomic mass is 19.3. The van der Waals surface area contributed by atoms with Gasteiger partial charge in [0.05, 0.1) is 0 Å². The maximum absolute atomic E-state index is 13.0. The van der Waals surface area contributed by atoms with E-state index in [2.05, 4.69) is 0 Å². The molecule has 2 N–H and O–H groups in total. The molecule has 0 spiro atoms. The molecule has 66 valence electrons. The van der Waals surface area contributed by atoms with Crippen molar-refractivity contribution in [3.05, 3.63) is 0 Å². The third-order valence-corrected chi connectivity index (χ3v) is 2.30. The van der Waals surface area contributed by atoms with E-state index in [-0.39, 0.29) is 18.4 Å². The lowest BCUT2D eigenvalue weighted by atomic mass is 9.78. The predicted molar refractivity (Wildman–Crippen MR) is 40.6 cm³/mol. The van der Waals surface area contributed by atoms with E-state index in [1.54, 1.807) is 6.92 Å². The smallest absolute Gasteiger partial charge is 0.252 e. The van der Waals surface area contributed by atoms with Crippen LogP contribution in [0, 0.1) is 5.92 Å². The molecule has 1 unspecified atom stereocenters. The van der Waals surface area contributed by atoms with Crippen LogP contribution in [0.25, 0.3) is 0 Å². The van der Waals surface area contributed by atoms with Crippen molar-refractivity contribution in [3.63, 3.8) is 0 Å². The number of hydrogen-bond donors (Lipinski definition) is 1. The summed E-state index contributed by atoms with van der Waals surface area (Å²) in [5.74, 6) is -2.89. The van der Waals surface area contributed by atoms with Crippen molar-refractivity contribution in [2.24, 2.45) is 11.7 Å². The van der Waals surface area contributed by atoms with Crippen molar-refractivity contribution < 1.29 is 8.78 Å². The molecule has 0 bridgehead atoms. The fourth-order valence-corrected chi connectivity index (χ4v) is 1.43. The van der Waals surface area contributed by atoms with Crippen LogP contribution in [-0.2, 0) is 0 Å². The van der Waals surface area contributed by atoms with Gasteiger partial charge in [-0.3, -0.25) is 0 Å². The van der Waals surface area contributed by atoms with Crippen molar-refractivity contribution in [2.75, 3.05) is 0 Å². The summed E-state index contributed by atoms with van der Waals surface area (Å²) in [6.45, 7) is 1.63. The molecular weight excluding hydrogens is 148 g/mol. The summed E-state index contributed by atoms with van der Waals surface area (Å²) in [7, 11) is 0. The number of halogens is 2. The van der Waals surface area contributed by atoms with Crippen LogP contribution < -0.4 is 5.73 Å². The van der Waals surface area contributed by atoms with Gasteiger partial charge in [0, 0.05) is 18.4 Å². The summed E-state index contributed by atoms with van der Waals surface area (Å²) in [4.78, 5) is 0. The first-order valence-electron chi connectivity index (χ1n) is 4.16. The van der Waals surface area contributed by atoms with Gasteiger partial charge in [-0.1, -0.05) is 6.42 Å². The number of alkyl halides is 2. The van der Waals surface area contributed by atoms with Gasteiger partial charge in [0.15, 0.2) is 0 Å². The standard InChI is InChI=1S/C8H15F2N/c1-6(11)5-8(9,10)7-3-2-4-7/h6-7H,2-5,11H2,1H3. The lowest BCUT2D eigenvalue weighted by Gasteiger charge is -2.34. The highest BCUT2D eigenvalue weighted by Crippen LogP contribution is 2.42. The molecular formula is C8H15F2N. The molecule has 0 aromatic rings. The monoisotopic (exact) mass is 163 g/mol. The molecule has 0 aromatic carbocycles. The summed E-state index contributed by atoms with van der Waals surface area (Å²) < 4.78 is 26.1. The van der Waals surface area contributed by atoms with Crippen LogP contribution in [0.2, 0.25) is 0 Å². The van der Waals surface area contributed by atoms with E-state index >= 15 is 0 Å². The average molecular weight is 163 g/mol. The number of rotatable bonds is 3. The molecule has 0 radical (unpaired) electrons. The van der Waals surface area contributed by atoms with Crippen molar-refractivity contribution in [1.82, 2.24) is 0 Å². The van der Waals surface area contributed by atoms with Crippen LogP contribution in [0.5, 0.6) is 0 Å². The highest BCUT2D eigenvalue weighted by molar-refractivity contribution is 4.85. The number of nitrogens with two attached hydrogens (primary N) is 1. The van der Waals surface area contributed by atoms with Gasteiger partial charge in [0.2, 0.25) is 0 Å². The molecule has 0 saturated heterocycles. The van der Waals surface area contributed by atoms with Gasteiger partial charge in [-0.25, -0.2) is 8.78 Å². The minimum absolute atomic E-state index is 0.155. The molecule has 1 rings (SSSR count). The minimum atomic E-state index is -2.51. The van der Waals surface area contributed by atoms with E-state index in [4.69, 9.17) is 5.73 Å².